The molecule has 0 atom stereocenters. The molecule has 1 heterocycles. The largest absolute Gasteiger partial charge is 0.417 e. The van der Waals surface area contributed by atoms with Gasteiger partial charge in [0, 0.05) is 17.4 Å². The molecule has 0 amide bonds. The number of rotatable bonds is 4. The first-order valence-corrected chi connectivity index (χ1v) is 6.65. The number of benzene rings is 2. The lowest BCUT2D eigenvalue weighted by Crippen LogP contribution is -2.11. The van der Waals surface area contributed by atoms with Crippen molar-refractivity contribution in [3.63, 3.8) is 0 Å². The van der Waals surface area contributed by atoms with E-state index in [9.17, 15) is 5.11 Å². The highest BCUT2D eigenvalue weighted by atomic mass is 16.6. The zero-order valence-electron chi connectivity index (χ0n) is 11.4. The van der Waals surface area contributed by atoms with E-state index in [1.165, 1.54) is 5.56 Å². The summed E-state index contributed by atoms with van der Waals surface area (Å²) in [5.74, 6) is 0. The monoisotopic (exact) mass is 267 g/mol. The molecule has 2 aromatic carbocycles. The molecule has 0 fully saturated rings. The van der Waals surface area contributed by atoms with Crippen LogP contribution in [0, 0.1) is 0 Å². The highest BCUT2D eigenvalue weighted by molar-refractivity contribution is 5.85. The third kappa shape index (κ3) is 2.06. The lowest BCUT2D eigenvalue weighted by molar-refractivity contribution is 0.170. The standard InChI is InChI=1S/C17H17NO2/c1-20-18-16-10-6-5-9-14(16)15(12-19)17(18)11-13-7-3-2-4-8-13/h2-10,19H,11-12H2,1H3. The third-order valence-electron chi connectivity index (χ3n) is 3.60. The molecule has 1 aromatic heterocycles. The number of hydrogen-bond acceptors (Lipinski definition) is 2. The van der Waals surface area contributed by atoms with E-state index in [2.05, 4.69) is 12.1 Å². The Labute approximate surface area is 118 Å². The van der Waals surface area contributed by atoms with Crippen molar-refractivity contribution in [3.8, 4) is 0 Å². The number of fused-ring (bicyclic) bond motifs is 1. The second-order valence-electron chi connectivity index (χ2n) is 4.74. The van der Waals surface area contributed by atoms with Gasteiger partial charge >= 0.3 is 0 Å². The van der Waals surface area contributed by atoms with Crippen LogP contribution in [0.3, 0.4) is 0 Å². The van der Waals surface area contributed by atoms with Crippen LogP contribution in [0.1, 0.15) is 16.8 Å². The Kier molecular flexibility index (Phi) is 3.44. The minimum absolute atomic E-state index is 0.0129. The summed E-state index contributed by atoms with van der Waals surface area (Å²) in [7, 11) is 1.65. The smallest absolute Gasteiger partial charge is 0.104 e. The highest BCUT2D eigenvalue weighted by Crippen LogP contribution is 2.27. The number of aromatic nitrogens is 1. The van der Waals surface area contributed by atoms with E-state index in [1.54, 1.807) is 7.11 Å². The van der Waals surface area contributed by atoms with E-state index in [-0.39, 0.29) is 6.61 Å². The molecule has 0 saturated carbocycles. The van der Waals surface area contributed by atoms with Gasteiger partial charge in [0.1, 0.15) is 7.11 Å². The predicted molar refractivity (Wildman–Crippen MR) is 79.6 cm³/mol. The normalized spacial score (nSPS) is 10.9. The summed E-state index contributed by atoms with van der Waals surface area (Å²) in [5, 5.41) is 10.8. The van der Waals surface area contributed by atoms with Crippen molar-refractivity contribution in [2.45, 2.75) is 13.0 Å². The van der Waals surface area contributed by atoms with E-state index in [0.29, 0.717) is 0 Å². The van der Waals surface area contributed by atoms with Crippen LogP contribution >= 0.6 is 0 Å². The molecule has 3 heteroatoms. The number of para-hydroxylation sites is 1. The van der Waals surface area contributed by atoms with E-state index in [1.807, 2.05) is 47.2 Å². The van der Waals surface area contributed by atoms with Gasteiger partial charge in [0.05, 0.1) is 17.8 Å². The van der Waals surface area contributed by atoms with E-state index in [0.717, 1.165) is 28.6 Å². The van der Waals surface area contributed by atoms with Gasteiger partial charge in [-0.1, -0.05) is 48.5 Å². The van der Waals surface area contributed by atoms with Crippen molar-refractivity contribution in [1.82, 2.24) is 4.73 Å². The van der Waals surface area contributed by atoms with Crippen LogP contribution in [-0.2, 0) is 13.0 Å². The van der Waals surface area contributed by atoms with Crippen molar-refractivity contribution >= 4 is 10.9 Å². The fourth-order valence-electron chi connectivity index (χ4n) is 2.68. The molecule has 102 valence electrons. The van der Waals surface area contributed by atoms with Crippen LogP contribution in [0.2, 0.25) is 0 Å². The van der Waals surface area contributed by atoms with Crippen molar-refractivity contribution in [2.75, 3.05) is 7.11 Å². The third-order valence-corrected chi connectivity index (χ3v) is 3.60. The molecule has 20 heavy (non-hydrogen) atoms. The molecule has 0 saturated heterocycles. The first-order chi connectivity index (χ1) is 9.85. The summed E-state index contributed by atoms with van der Waals surface area (Å²) in [6, 6.07) is 18.2. The molecular weight excluding hydrogens is 250 g/mol. The first kappa shape index (κ1) is 12.8. The lowest BCUT2D eigenvalue weighted by atomic mass is 10.1. The van der Waals surface area contributed by atoms with Gasteiger partial charge in [-0.25, -0.2) is 0 Å². The van der Waals surface area contributed by atoms with Gasteiger partial charge in [-0.3, -0.25) is 0 Å². The SMILES string of the molecule is COn1c(Cc2ccccc2)c(CO)c2ccccc21. The Morgan fingerprint density at radius 3 is 2.40 bits per heavy atom. The predicted octanol–water partition coefficient (Wildman–Crippen LogP) is 2.78. The minimum Gasteiger partial charge on any atom is -0.417 e. The second-order valence-corrected chi connectivity index (χ2v) is 4.74. The van der Waals surface area contributed by atoms with Crippen molar-refractivity contribution in [1.29, 1.82) is 0 Å². The average Bonchev–Trinajstić information content (AvgIpc) is 2.80. The molecule has 0 aliphatic carbocycles. The first-order valence-electron chi connectivity index (χ1n) is 6.65. The van der Waals surface area contributed by atoms with Crippen molar-refractivity contribution in [2.24, 2.45) is 0 Å². The van der Waals surface area contributed by atoms with Crippen LogP contribution in [-0.4, -0.2) is 16.9 Å². The van der Waals surface area contributed by atoms with Crippen molar-refractivity contribution < 1.29 is 9.94 Å². The van der Waals surface area contributed by atoms with Gasteiger partial charge in [0.2, 0.25) is 0 Å². The fraction of sp³-hybridized carbons (Fsp3) is 0.176. The van der Waals surface area contributed by atoms with Crippen LogP contribution in [0.4, 0.5) is 0 Å². The summed E-state index contributed by atoms with van der Waals surface area (Å²) in [4.78, 5) is 5.52. The number of aliphatic hydroxyl groups is 1. The van der Waals surface area contributed by atoms with Crippen LogP contribution in [0.5, 0.6) is 0 Å². The summed E-state index contributed by atoms with van der Waals surface area (Å²) < 4.78 is 1.81. The van der Waals surface area contributed by atoms with Gasteiger partial charge < -0.3 is 9.94 Å². The molecule has 3 aromatic rings. The maximum atomic E-state index is 9.73. The maximum Gasteiger partial charge on any atom is 0.104 e. The second kappa shape index (κ2) is 5.39. The molecular formula is C17H17NO2. The zero-order chi connectivity index (χ0) is 13.9. The molecule has 0 unspecified atom stereocenters. The van der Waals surface area contributed by atoms with Gasteiger partial charge in [-0.2, -0.15) is 4.73 Å². The molecule has 0 bridgehead atoms. The van der Waals surface area contributed by atoms with Gasteiger partial charge in [-0.05, 0) is 11.6 Å². The molecule has 0 aliphatic rings. The summed E-state index contributed by atoms with van der Waals surface area (Å²) in [5.41, 5.74) is 4.13. The van der Waals surface area contributed by atoms with Crippen molar-refractivity contribution in [3.05, 3.63) is 71.4 Å². The van der Waals surface area contributed by atoms with E-state index >= 15 is 0 Å². The average molecular weight is 267 g/mol. The molecule has 0 radical (unpaired) electrons. The Hall–Kier alpha value is -2.26. The van der Waals surface area contributed by atoms with E-state index < -0.39 is 0 Å². The summed E-state index contributed by atoms with van der Waals surface area (Å²) in [6.07, 6.45) is 0.735. The Morgan fingerprint density at radius 2 is 1.70 bits per heavy atom. The van der Waals surface area contributed by atoms with E-state index in [4.69, 9.17) is 4.84 Å². The fourth-order valence-corrected chi connectivity index (χ4v) is 2.68. The summed E-state index contributed by atoms with van der Waals surface area (Å²) in [6.45, 7) is 0.0129. The van der Waals surface area contributed by atoms with Gasteiger partial charge in [-0.15, -0.1) is 0 Å². The van der Waals surface area contributed by atoms with Crippen LogP contribution in [0.15, 0.2) is 54.6 Å². The molecule has 3 rings (SSSR count). The lowest BCUT2D eigenvalue weighted by Gasteiger charge is -2.09. The Bertz CT molecular complexity index is 675. The molecule has 1 N–H and O–H groups in total. The quantitative estimate of drug-likeness (QED) is 0.788. The minimum atomic E-state index is 0.0129. The van der Waals surface area contributed by atoms with Gasteiger partial charge in [0.25, 0.3) is 0 Å². The topological polar surface area (TPSA) is 34.4 Å². The molecule has 3 nitrogen and oxygen atoms in total. The van der Waals surface area contributed by atoms with Crippen LogP contribution in [0.25, 0.3) is 10.9 Å². The van der Waals surface area contributed by atoms with Crippen LogP contribution < -0.4 is 4.84 Å². The molecule has 0 aliphatic heterocycles. The Morgan fingerprint density at radius 1 is 1.00 bits per heavy atom. The summed E-state index contributed by atoms with van der Waals surface area (Å²) >= 11 is 0. The Balaban J connectivity index is 2.18. The number of nitrogens with zero attached hydrogens (tertiary/aromatic N) is 1. The van der Waals surface area contributed by atoms with Gasteiger partial charge in [0.15, 0.2) is 0 Å². The maximum absolute atomic E-state index is 9.73. The molecule has 0 spiro atoms. The zero-order valence-corrected chi connectivity index (χ0v) is 11.4. The number of hydrogen-bond donors (Lipinski definition) is 1. The highest BCUT2D eigenvalue weighted by Gasteiger charge is 2.16. The number of aliphatic hydroxyl groups excluding tert-OH is 1.